The highest BCUT2D eigenvalue weighted by Crippen LogP contribution is 2.21. The lowest BCUT2D eigenvalue weighted by molar-refractivity contribution is 0.104. The lowest BCUT2D eigenvalue weighted by Crippen LogP contribution is -2.04. The van der Waals surface area contributed by atoms with Crippen molar-refractivity contribution in [2.45, 2.75) is 6.92 Å². The molecule has 0 unspecified atom stereocenters. The van der Waals surface area contributed by atoms with E-state index in [2.05, 4.69) is 0 Å². The number of rotatable bonds is 2. The van der Waals surface area contributed by atoms with Crippen molar-refractivity contribution in [3.05, 3.63) is 51.5 Å². The Kier molecular flexibility index (Phi) is 2.75. The summed E-state index contributed by atoms with van der Waals surface area (Å²) in [6, 6.07) is 5.62. The number of ketones is 1. The summed E-state index contributed by atoms with van der Waals surface area (Å²) in [4.78, 5) is 13.1. The second-order valence-electron chi connectivity index (χ2n) is 3.51. The van der Waals surface area contributed by atoms with Gasteiger partial charge in [-0.05, 0) is 31.2 Å². The molecule has 2 aromatic rings. The van der Waals surface area contributed by atoms with Crippen LogP contribution in [0.1, 0.15) is 20.8 Å². The first-order valence-corrected chi connectivity index (χ1v) is 5.61. The normalized spacial score (nSPS) is 10.4. The van der Waals surface area contributed by atoms with Gasteiger partial charge in [0.2, 0.25) is 0 Å². The van der Waals surface area contributed by atoms with Crippen LogP contribution in [-0.2, 0) is 0 Å². The topological polar surface area (TPSA) is 43.1 Å². The fraction of sp³-hybridized carbons (Fsp3) is 0.0833. The number of nitrogens with two attached hydrogens (primary N) is 1. The molecule has 0 amide bonds. The third-order valence-corrected chi connectivity index (χ3v) is 3.11. The molecule has 0 radical (unpaired) electrons. The molecule has 0 aliphatic heterocycles. The van der Waals surface area contributed by atoms with Gasteiger partial charge in [-0.25, -0.2) is 4.39 Å². The van der Waals surface area contributed by atoms with Crippen LogP contribution in [0.3, 0.4) is 0 Å². The Morgan fingerprint density at radius 3 is 2.69 bits per heavy atom. The number of carbonyl (C=O) groups excluding carboxylic acids is 1. The van der Waals surface area contributed by atoms with Crippen molar-refractivity contribution in [2.75, 3.05) is 5.73 Å². The lowest BCUT2D eigenvalue weighted by Gasteiger charge is -2.02. The van der Waals surface area contributed by atoms with Crippen molar-refractivity contribution >= 4 is 22.8 Å². The number of aryl methyl sites for hydroxylation is 1. The van der Waals surface area contributed by atoms with Crippen molar-refractivity contribution in [1.82, 2.24) is 0 Å². The number of anilines is 1. The van der Waals surface area contributed by atoms with Gasteiger partial charge in [0.05, 0.1) is 0 Å². The number of thiophene rings is 1. The van der Waals surface area contributed by atoms with Gasteiger partial charge in [0, 0.05) is 27.1 Å². The highest BCUT2D eigenvalue weighted by Gasteiger charge is 2.13. The molecule has 16 heavy (non-hydrogen) atoms. The smallest absolute Gasteiger partial charge is 0.195 e. The zero-order valence-corrected chi connectivity index (χ0v) is 9.48. The first kappa shape index (κ1) is 10.8. The molecule has 0 fully saturated rings. The van der Waals surface area contributed by atoms with Gasteiger partial charge in [0.15, 0.2) is 5.78 Å². The van der Waals surface area contributed by atoms with Crippen molar-refractivity contribution in [2.24, 2.45) is 0 Å². The van der Waals surface area contributed by atoms with E-state index in [-0.39, 0.29) is 11.5 Å². The second-order valence-corrected chi connectivity index (χ2v) is 4.62. The van der Waals surface area contributed by atoms with Crippen LogP contribution in [0.25, 0.3) is 0 Å². The Morgan fingerprint density at radius 1 is 1.38 bits per heavy atom. The number of hydrogen-bond acceptors (Lipinski definition) is 3. The molecule has 0 aliphatic rings. The monoisotopic (exact) mass is 235 g/mol. The van der Waals surface area contributed by atoms with Crippen LogP contribution < -0.4 is 5.73 Å². The average molecular weight is 235 g/mol. The molecule has 1 aromatic heterocycles. The maximum absolute atomic E-state index is 12.8. The van der Waals surface area contributed by atoms with Gasteiger partial charge in [-0.1, -0.05) is 0 Å². The minimum Gasteiger partial charge on any atom is -0.398 e. The molecule has 0 saturated carbocycles. The molecule has 0 atom stereocenters. The molecule has 1 aromatic carbocycles. The third-order valence-electron chi connectivity index (χ3n) is 2.25. The molecule has 1 heterocycles. The number of nitrogen functional groups attached to an aromatic ring is 1. The Balaban J connectivity index is 2.41. The standard InChI is InChI=1S/C12H10FNOS/c1-7-4-8(6-16-7)12(15)10-3-2-9(13)5-11(10)14/h2-6H,14H2,1H3. The summed E-state index contributed by atoms with van der Waals surface area (Å²) in [6.07, 6.45) is 0. The number of halogens is 1. The first-order valence-electron chi connectivity index (χ1n) is 4.73. The fourth-order valence-corrected chi connectivity index (χ4v) is 2.14. The summed E-state index contributed by atoms with van der Waals surface area (Å²) in [5, 5.41) is 1.78. The van der Waals surface area contributed by atoms with E-state index in [9.17, 15) is 9.18 Å². The molecular formula is C12H10FNOS. The minimum absolute atomic E-state index is 0.165. The minimum atomic E-state index is -0.435. The molecule has 2 N–H and O–H groups in total. The summed E-state index contributed by atoms with van der Waals surface area (Å²) in [5.41, 5.74) is 6.73. The summed E-state index contributed by atoms with van der Waals surface area (Å²) >= 11 is 1.50. The van der Waals surface area contributed by atoms with Crippen LogP contribution in [0.5, 0.6) is 0 Å². The van der Waals surface area contributed by atoms with Crippen molar-refractivity contribution in [3.8, 4) is 0 Å². The second kappa shape index (κ2) is 4.06. The molecule has 2 rings (SSSR count). The Bertz CT molecular complexity index is 548. The SMILES string of the molecule is Cc1cc(C(=O)c2ccc(F)cc2N)cs1. The average Bonchev–Trinajstić information content (AvgIpc) is 2.64. The van der Waals surface area contributed by atoms with Crippen molar-refractivity contribution in [1.29, 1.82) is 0 Å². The zero-order valence-electron chi connectivity index (χ0n) is 8.66. The van der Waals surface area contributed by atoms with Crippen molar-refractivity contribution in [3.63, 3.8) is 0 Å². The number of benzene rings is 1. The largest absolute Gasteiger partial charge is 0.398 e. The Morgan fingerprint density at radius 2 is 2.12 bits per heavy atom. The van der Waals surface area contributed by atoms with Gasteiger partial charge in [-0.15, -0.1) is 11.3 Å². The van der Waals surface area contributed by atoms with E-state index in [1.54, 1.807) is 11.4 Å². The van der Waals surface area contributed by atoms with Crippen LogP contribution in [0, 0.1) is 12.7 Å². The Hall–Kier alpha value is -1.68. The molecule has 82 valence electrons. The fourth-order valence-electron chi connectivity index (χ4n) is 1.46. The van der Waals surface area contributed by atoms with E-state index in [1.807, 2.05) is 6.92 Å². The van der Waals surface area contributed by atoms with E-state index in [4.69, 9.17) is 5.73 Å². The van der Waals surface area contributed by atoms with Crippen molar-refractivity contribution < 1.29 is 9.18 Å². The van der Waals surface area contributed by atoms with Gasteiger partial charge in [-0.3, -0.25) is 4.79 Å². The van der Waals surface area contributed by atoms with Gasteiger partial charge in [-0.2, -0.15) is 0 Å². The van der Waals surface area contributed by atoms with Gasteiger partial charge in [0.1, 0.15) is 5.82 Å². The van der Waals surface area contributed by atoms with E-state index in [0.29, 0.717) is 11.1 Å². The molecule has 0 aliphatic carbocycles. The Labute approximate surface area is 96.5 Å². The van der Waals surface area contributed by atoms with E-state index >= 15 is 0 Å². The van der Waals surface area contributed by atoms with Gasteiger partial charge < -0.3 is 5.73 Å². The summed E-state index contributed by atoms with van der Waals surface area (Å²) < 4.78 is 12.8. The molecule has 2 nitrogen and oxygen atoms in total. The highest BCUT2D eigenvalue weighted by atomic mass is 32.1. The first-order chi connectivity index (χ1) is 7.58. The molecule has 4 heteroatoms. The van der Waals surface area contributed by atoms with Crippen LogP contribution in [0.4, 0.5) is 10.1 Å². The van der Waals surface area contributed by atoms with Crippen LogP contribution in [0.15, 0.2) is 29.6 Å². The molecule has 0 saturated heterocycles. The zero-order chi connectivity index (χ0) is 11.7. The quantitative estimate of drug-likeness (QED) is 0.642. The van der Waals surface area contributed by atoms with Gasteiger partial charge in [0.25, 0.3) is 0 Å². The molecule has 0 bridgehead atoms. The van der Waals surface area contributed by atoms with Crippen LogP contribution in [-0.4, -0.2) is 5.78 Å². The summed E-state index contributed by atoms with van der Waals surface area (Å²) in [5.74, 6) is -0.600. The summed E-state index contributed by atoms with van der Waals surface area (Å²) in [6.45, 7) is 1.93. The molecule has 0 spiro atoms. The van der Waals surface area contributed by atoms with Gasteiger partial charge >= 0.3 is 0 Å². The maximum Gasteiger partial charge on any atom is 0.195 e. The molecular weight excluding hydrogens is 225 g/mol. The predicted octanol–water partition coefficient (Wildman–Crippen LogP) is 3.01. The summed E-state index contributed by atoms with van der Waals surface area (Å²) in [7, 11) is 0. The van der Waals surface area contributed by atoms with E-state index < -0.39 is 5.82 Å². The van der Waals surface area contributed by atoms with Crippen LogP contribution >= 0.6 is 11.3 Å². The lowest BCUT2D eigenvalue weighted by atomic mass is 10.0. The maximum atomic E-state index is 12.8. The van der Waals surface area contributed by atoms with Crippen LogP contribution in [0.2, 0.25) is 0 Å². The number of hydrogen-bond donors (Lipinski definition) is 1. The predicted molar refractivity (Wildman–Crippen MR) is 63.3 cm³/mol. The highest BCUT2D eigenvalue weighted by molar-refractivity contribution is 7.10. The van der Waals surface area contributed by atoms with E-state index in [1.165, 1.54) is 23.5 Å². The van der Waals surface area contributed by atoms with E-state index in [0.717, 1.165) is 10.9 Å². The number of carbonyl (C=O) groups is 1. The third kappa shape index (κ3) is 1.97.